The molecule has 0 saturated heterocycles. The van der Waals surface area contributed by atoms with Gasteiger partial charge in [0.1, 0.15) is 28.3 Å². The molecule has 0 fully saturated rings. The quantitative estimate of drug-likeness (QED) is 0.444. The Morgan fingerprint density at radius 1 is 1.03 bits per heavy atom. The van der Waals surface area contributed by atoms with E-state index in [2.05, 4.69) is 4.99 Å². The fourth-order valence-corrected chi connectivity index (χ4v) is 5.46. The fraction of sp³-hybridized carbons (Fsp3) is 0.318. The molecule has 0 aliphatic rings. The van der Waals surface area contributed by atoms with Crippen LogP contribution in [0.1, 0.15) is 24.2 Å². The van der Waals surface area contributed by atoms with Crippen LogP contribution in [0, 0.1) is 0 Å². The number of sulfone groups is 1. The molecule has 1 heterocycles. The van der Waals surface area contributed by atoms with Crippen molar-refractivity contribution in [1.82, 2.24) is 4.57 Å². The topological polar surface area (TPSA) is 113 Å². The van der Waals surface area contributed by atoms with Gasteiger partial charge in [-0.1, -0.05) is 30.4 Å². The molecule has 0 bridgehead atoms. The molecule has 0 spiro atoms. The first-order valence-corrected chi connectivity index (χ1v) is 12.5. The number of aromatic nitrogens is 1. The van der Waals surface area contributed by atoms with E-state index in [9.17, 15) is 18.0 Å². The van der Waals surface area contributed by atoms with E-state index in [-0.39, 0.29) is 34.2 Å². The van der Waals surface area contributed by atoms with Crippen molar-refractivity contribution in [2.75, 3.05) is 26.6 Å². The Balaban J connectivity index is 2.29. The number of methoxy groups -OCH3 is 2. The zero-order valence-corrected chi connectivity index (χ0v) is 20.3. The fourth-order valence-electron chi connectivity index (χ4n) is 3.24. The number of ether oxygens (including phenoxy) is 3. The Hall–Kier alpha value is -3.18. The van der Waals surface area contributed by atoms with Gasteiger partial charge in [0.15, 0.2) is 14.6 Å². The second-order valence-electron chi connectivity index (χ2n) is 6.74. The highest BCUT2D eigenvalue weighted by atomic mass is 32.2. The summed E-state index contributed by atoms with van der Waals surface area (Å²) in [7, 11) is -0.655. The molecule has 2 aromatic carbocycles. The van der Waals surface area contributed by atoms with E-state index in [1.54, 1.807) is 31.2 Å². The molecule has 3 aromatic rings. The van der Waals surface area contributed by atoms with E-state index >= 15 is 0 Å². The number of nitrogens with zero attached hydrogens (tertiary/aromatic N) is 2. The number of fused-ring (bicyclic) bond motifs is 1. The molecular formula is C22H24N2O7S2. The summed E-state index contributed by atoms with van der Waals surface area (Å²) >= 11 is 1.12. The van der Waals surface area contributed by atoms with Gasteiger partial charge in [0.25, 0.3) is 5.91 Å². The van der Waals surface area contributed by atoms with Crippen molar-refractivity contribution in [3.8, 4) is 11.5 Å². The second-order valence-corrected chi connectivity index (χ2v) is 9.96. The highest BCUT2D eigenvalue weighted by Crippen LogP contribution is 2.35. The SMILES string of the molecule is CCOC(=O)Cn1c(=NC(=O)c2ccccc2S(=O)(=O)CC)sc2c(OC)ccc(OC)c21. The van der Waals surface area contributed by atoms with Crippen LogP contribution in [-0.2, 0) is 25.9 Å². The summed E-state index contributed by atoms with van der Waals surface area (Å²) in [5.74, 6) is -0.461. The molecule has 9 nitrogen and oxygen atoms in total. The monoisotopic (exact) mass is 492 g/mol. The molecule has 176 valence electrons. The van der Waals surface area contributed by atoms with Gasteiger partial charge < -0.3 is 18.8 Å². The summed E-state index contributed by atoms with van der Waals surface area (Å²) in [4.78, 5) is 29.7. The van der Waals surface area contributed by atoms with Gasteiger partial charge in [-0.25, -0.2) is 8.42 Å². The molecule has 0 aliphatic heterocycles. The van der Waals surface area contributed by atoms with Crippen molar-refractivity contribution in [2.45, 2.75) is 25.3 Å². The molecule has 0 aliphatic carbocycles. The number of thiazole rings is 1. The molecular weight excluding hydrogens is 468 g/mol. The van der Waals surface area contributed by atoms with Gasteiger partial charge in [-0.05, 0) is 31.2 Å². The van der Waals surface area contributed by atoms with E-state index < -0.39 is 21.7 Å². The lowest BCUT2D eigenvalue weighted by Crippen LogP contribution is -2.23. The highest BCUT2D eigenvalue weighted by Gasteiger charge is 2.22. The zero-order chi connectivity index (χ0) is 24.2. The molecule has 11 heteroatoms. The third kappa shape index (κ3) is 4.93. The predicted molar refractivity (Wildman–Crippen MR) is 124 cm³/mol. The van der Waals surface area contributed by atoms with E-state index in [1.807, 2.05) is 0 Å². The first-order valence-electron chi connectivity index (χ1n) is 10.1. The summed E-state index contributed by atoms with van der Waals surface area (Å²) in [5, 5.41) is 0. The maximum Gasteiger partial charge on any atom is 0.326 e. The van der Waals surface area contributed by atoms with Crippen LogP contribution in [0.2, 0.25) is 0 Å². The zero-order valence-electron chi connectivity index (χ0n) is 18.7. The second kappa shape index (κ2) is 10.2. The van der Waals surface area contributed by atoms with Crippen molar-refractivity contribution in [3.05, 3.63) is 46.8 Å². The van der Waals surface area contributed by atoms with Gasteiger partial charge in [-0.2, -0.15) is 4.99 Å². The number of carbonyl (C=O) groups is 2. The number of hydrogen-bond donors (Lipinski definition) is 0. The molecule has 1 aromatic heterocycles. The minimum Gasteiger partial charge on any atom is -0.495 e. The minimum atomic E-state index is -3.65. The Bertz CT molecular complexity index is 1370. The Labute approximate surface area is 195 Å². The number of benzene rings is 2. The Morgan fingerprint density at radius 2 is 1.70 bits per heavy atom. The molecule has 1 amide bonds. The summed E-state index contributed by atoms with van der Waals surface area (Å²) in [5.41, 5.74) is 0.467. The van der Waals surface area contributed by atoms with Crippen LogP contribution in [-0.4, -0.2) is 51.4 Å². The first-order chi connectivity index (χ1) is 15.8. The smallest absolute Gasteiger partial charge is 0.326 e. The number of hydrogen-bond acceptors (Lipinski definition) is 8. The largest absolute Gasteiger partial charge is 0.495 e. The Morgan fingerprint density at radius 3 is 2.33 bits per heavy atom. The summed E-state index contributed by atoms with van der Waals surface area (Å²) in [6, 6.07) is 9.31. The lowest BCUT2D eigenvalue weighted by atomic mass is 10.2. The lowest BCUT2D eigenvalue weighted by molar-refractivity contribution is -0.143. The van der Waals surface area contributed by atoms with Crippen LogP contribution in [0.4, 0.5) is 0 Å². The summed E-state index contributed by atoms with van der Waals surface area (Å²) < 4.78 is 43.1. The molecule has 3 rings (SSSR count). The van der Waals surface area contributed by atoms with Gasteiger partial charge in [0.2, 0.25) is 0 Å². The average molecular weight is 493 g/mol. The number of rotatable bonds is 8. The molecule has 0 N–H and O–H groups in total. The van der Waals surface area contributed by atoms with Gasteiger partial charge in [0, 0.05) is 0 Å². The summed E-state index contributed by atoms with van der Waals surface area (Å²) in [6.45, 7) is 3.16. The molecule has 0 radical (unpaired) electrons. The van der Waals surface area contributed by atoms with E-state index in [4.69, 9.17) is 14.2 Å². The summed E-state index contributed by atoms with van der Waals surface area (Å²) in [6.07, 6.45) is 0. The van der Waals surface area contributed by atoms with Gasteiger partial charge in [-0.3, -0.25) is 9.59 Å². The minimum absolute atomic E-state index is 0.0431. The first kappa shape index (κ1) is 24.5. The van der Waals surface area contributed by atoms with Crippen LogP contribution in [0.25, 0.3) is 10.2 Å². The van der Waals surface area contributed by atoms with Crippen molar-refractivity contribution in [3.63, 3.8) is 0 Å². The lowest BCUT2D eigenvalue weighted by Gasteiger charge is -2.10. The standard InChI is InChI=1S/C22H24N2O7S2/c1-5-31-18(25)13-24-19-15(29-3)11-12-16(30-4)20(19)32-22(24)23-21(26)14-9-7-8-10-17(14)33(27,28)6-2/h7-12H,5-6,13H2,1-4H3. The molecule has 33 heavy (non-hydrogen) atoms. The van der Waals surface area contributed by atoms with Crippen LogP contribution >= 0.6 is 11.3 Å². The maximum absolute atomic E-state index is 13.1. The normalized spacial score (nSPS) is 12.1. The van der Waals surface area contributed by atoms with E-state index in [1.165, 1.54) is 37.8 Å². The van der Waals surface area contributed by atoms with Gasteiger partial charge >= 0.3 is 5.97 Å². The third-order valence-corrected chi connectivity index (χ3v) is 7.69. The number of esters is 1. The number of amides is 1. The average Bonchev–Trinajstić information content (AvgIpc) is 3.16. The van der Waals surface area contributed by atoms with Crippen molar-refractivity contribution in [2.24, 2.45) is 4.99 Å². The maximum atomic E-state index is 13.1. The van der Waals surface area contributed by atoms with Crippen molar-refractivity contribution in [1.29, 1.82) is 0 Å². The van der Waals surface area contributed by atoms with Gasteiger partial charge in [-0.15, -0.1) is 0 Å². The van der Waals surface area contributed by atoms with Crippen molar-refractivity contribution < 1.29 is 32.2 Å². The Kier molecular flexibility index (Phi) is 7.54. The molecule has 0 saturated carbocycles. The molecule has 0 atom stereocenters. The predicted octanol–water partition coefficient (Wildman–Crippen LogP) is 2.82. The van der Waals surface area contributed by atoms with Crippen LogP contribution in [0.15, 0.2) is 46.3 Å². The molecule has 0 unspecified atom stereocenters. The van der Waals surface area contributed by atoms with E-state index in [0.29, 0.717) is 21.7 Å². The third-order valence-electron chi connectivity index (χ3n) is 4.81. The van der Waals surface area contributed by atoms with E-state index in [0.717, 1.165) is 11.3 Å². The van der Waals surface area contributed by atoms with Crippen LogP contribution in [0.3, 0.4) is 0 Å². The number of carbonyl (C=O) groups excluding carboxylic acids is 2. The van der Waals surface area contributed by atoms with Gasteiger partial charge in [0.05, 0.1) is 37.0 Å². The highest BCUT2D eigenvalue weighted by molar-refractivity contribution is 7.91. The van der Waals surface area contributed by atoms with Crippen molar-refractivity contribution >= 4 is 43.3 Å². The van der Waals surface area contributed by atoms with Crippen LogP contribution < -0.4 is 14.3 Å². The van der Waals surface area contributed by atoms with Crippen LogP contribution in [0.5, 0.6) is 11.5 Å².